The molecule has 1 saturated heterocycles. The van der Waals surface area contributed by atoms with Gasteiger partial charge in [-0.25, -0.2) is 4.79 Å². The Bertz CT molecular complexity index is 408. The monoisotopic (exact) mass is 298 g/mol. The van der Waals surface area contributed by atoms with Gasteiger partial charge in [0.2, 0.25) is 0 Å². The number of halogens is 1. The van der Waals surface area contributed by atoms with Crippen LogP contribution in [0.3, 0.4) is 0 Å². The van der Waals surface area contributed by atoms with Crippen LogP contribution in [0, 0.1) is 0 Å². The highest BCUT2D eigenvalue weighted by molar-refractivity contribution is 9.10. The van der Waals surface area contributed by atoms with Crippen molar-refractivity contribution in [3.63, 3.8) is 0 Å². The van der Waals surface area contributed by atoms with E-state index in [0.29, 0.717) is 5.56 Å². The summed E-state index contributed by atoms with van der Waals surface area (Å²) in [6.07, 6.45) is 2.18. The van der Waals surface area contributed by atoms with Crippen LogP contribution in [0.25, 0.3) is 0 Å². The number of quaternary nitrogens is 1. The molecule has 2 rings (SSSR count). The van der Waals surface area contributed by atoms with E-state index in [1.54, 1.807) is 12.1 Å². The van der Waals surface area contributed by atoms with E-state index in [9.17, 15) is 4.79 Å². The summed E-state index contributed by atoms with van der Waals surface area (Å²) in [7, 11) is 2.14. The number of hydrogen-bond donors (Lipinski definition) is 1. The molecular weight excluding hydrogens is 282 g/mol. The molecular formula is C13H17BrNO2+. The number of likely N-dealkylation sites (N-methyl/N-ethyl adjacent to an activating group) is 1. The molecule has 1 fully saturated rings. The second-order valence-electron chi connectivity index (χ2n) is 4.59. The molecule has 92 valence electrons. The Morgan fingerprint density at radius 2 is 2.35 bits per heavy atom. The van der Waals surface area contributed by atoms with Gasteiger partial charge in [-0.1, -0.05) is 22.0 Å². The van der Waals surface area contributed by atoms with E-state index in [1.807, 2.05) is 12.1 Å². The third-order valence-electron chi connectivity index (χ3n) is 3.04. The van der Waals surface area contributed by atoms with Crippen molar-refractivity contribution in [3.8, 4) is 0 Å². The molecule has 17 heavy (non-hydrogen) atoms. The maximum atomic E-state index is 11.9. The first-order valence-electron chi connectivity index (χ1n) is 5.93. The predicted molar refractivity (Wildman–Crippen MR) is 69.2 cm³/mol. The highest BCUT2D eigenvalue weighted by Crippen LogP contribution is 2.14. The van der Waals surface area contributed by atoms with Crippen molar-refractivity contribution in [2.75, 3.05) is 20.1 Å². The van der Waals surface area contributed by atoms with Gasteiger partial charge in [0.25, 0.3) is 0 Å². The van der Waals surface area contributed by atoms with Crippen LogP contribution in [0.4, 0.5) is 0 Å². The Morgan fingerprint density at radius 1 is 1.53 bits per heavy atom. The van der Waals surface area contributed by atoms with Gasteiger partial charge in [0, 0.05) is 10.9 Å². The zero-order valence-electron chi connectivity index (χ0n) is 9.91. The molecule has 4 heteroatoms. The maximum absolute atomic E-state index is 11.9. The summed E-state index contributed by atoms with van der Waals surface area (Å²) < 4.78 is 6.42. The number of esters is 1. The third kappa shape index (κ3) is 3.54. The minimum atomic E-state index is -0.217. The SMILES string of the molecule is C[NH+]1CCC[C@@H](OC(=O)c2cccc(Br)c2)C1. The maximum Gasteiger partial charge on any atom is 0.338 e. The second kappa shape index (κ2) is 5.65. The lowest BCUT2D eigenvalue weighted by atomic mass is 10.1. The van der Waals surface area contributed by atoms with E-state index in [2.05, 4.69) is 23.0 Å². The molecule has 1 aliphatic rings. The summed E-state index contributed by atoms with van der Waals surface area (Å²) >= 11 is 3.35. The summed E-state index contributed by atoms with van der Waals surface area (Å²) in [5.74, 6) is -0.217. The van der Waals surface area contributed by atoms with Crippen LogP contribution < -0.4 is 4.90 Å². The zero-order valence-corrected chi connectivity index (χ0v) is 11.5. The van der Waals surface area contributed by atoms with Gasteiger partial charge in [0.15, 0.2) is 6.10 Å². The Balaban J connectivity index is 1.97. The lowest BCUT2D eigenvalue weighted by Crippen LogP contribution is -3.11. The van der Waals surface area contributed by atoms with Gasteiger partial charge in [-0.2, -0.15) is 0 Å². The number of piperidine rings is 1. The molecule has 1 aromatic rings. The quantitative estimate of drug-likeness (QED) is 0.834. The van der Waals surface area contributed by atoms with E-state index in [0.717, 1.165) is 23.9 Å². The molecule has 1 unspecified atom stereocenters. The number of carbonyl (C=O) groups excluding carboxylic acids is 1. The van der Waals surface area contributed by atoms with E-state index in [-0.39, 0.29) is 12.1 Å². The van der Waals surface area contributed by atoms with Gasteiger partial charge in [-0.15, -0.1) is 0 Å². The topological polar surface area (TPSA) is 30.7 Å². The van der Waals surface area contributed by atoms with Crippen molar-refractivity contribution in [2.24, 2.45) is 0 Å². The van der Waals surface area contributed by atoms with Crippen molar-refractivity contribution < 1.29 is 14.4 Å². The summed E-state index contributed by atoms with van der Waals surface area (Å²) in [6, 6.07) is 7.32. The minimum Gasteiger partial charge on any atom is -0.453 e. The smallest absolute Gasteiger partial charge is 0.338 e. The van der Waals surface area contributed by atoms with Crippen molar-refractivity contribution in [3.05, 3.63) is 34.3 Å². The van der Waals surface area contributed by atoms with Gasteiger partial charge >= 0.3 is 5.97 Å². The van der Waals surface area contributed by atoms with Crippen LogP contribution in [0.15, 0.2) is 28.7 Å². The normalized spacial score (nSPS) is 24.4. The Hall–Kier alpha value is -0.870. The largest absolute Gasteiger partial charge is 0.453 e. The molecule has 0 aromatic heterocycles. The van der Waals surface area contributed by atoms with Crippen LogP contribution in [-0.4, -0.2) is 32.2 Å². The fourth-order valence-electron chi connectivity index (χ4n) is 2.16. The molecule has 3 nitrogen and oxygen atoms in total. The Kier molecular flexibility index (Phi) is 4.18. The Morgan fingerprint density at radius 3 is 3.06 bits per heavy atom. The fraction of sp³-hybridized carbons (Fsp3) is 0.462. The number of ether oxygens (including phenoxy) is 1. The number of benzene rings is 1. The average Bonchev–Trinajstić information content (AvgIpc) is 2.29. The number of rotatable bonds is 2. The summed E-state index contributed by atoms with van der Waals surface area (Å²) in [6.45, 7) is 2.09. The number of nitrogens with one attached hydrogen (secondary N) is 1. The molecule has 0 radical (unpaired) electrons. The highest BCUT2D eigenvalue weighted by Gasteiger charge is 2.24. The van der Waals surface area contributed by atoms with E-state index >= 15 is 0 Å². The number of hydrogen-bond acceptors (Lipinski definition) is 2. The van der Waals surface area contributed by atoms with Crippen molar-refractivity contribution in [1.29, 1.82) is 0 Å². The zero-order chi connectivity index (χ0) is 12.3. The van der Waals surface area contributed by atoms with Crippen LogP contribution in [-0.2, 0) is 4.74 Å². The lowest BCUT2D eigenvalue weighted by molar-refractivity contribution is -0.888. The molecule has 0 aliphatic carbocycles. The molecule has 0 bridgehead atoms. The standard InChI is InChI=1S/C13H16BrNO2/c1-15-7-3-6-12(9-15)17-13(16)10-4-2-5-11(14)8-10/h2,4-5,8,12H,3,6-7,9H2,1H3/p+1/t12-/m1/s1. The Labute approximate surface area is 110 Å². The van der Waals surface area contributed by atoms with Crippen molar-refractivity contribution >= 4 is 21.9 Å². The molecule has 1 aliphatic heterocycles. The lowest BCUT2D eigenvalue weighted by Gasteiger charge is -2.26. The first-order valence-corrected chi connectivity index (χ1v) is 6.72. The summed E-state index contributed by atoms with van der Waals surface area (Å²) in [4.78, 5) is 13.4. The molecule has 1 aromatic carbocycles. The summed E-state index contributed by atoms with van der Waals surface area (Å²) in [5, 5.41) is 0. The van der Waals surface area contributed by atoms with Crippen LogP contribution in [0.1, 0.15) is 23.2 Å². The van der Waals surface area contributed by atoms with Crippen molar-refractivity contribution in [1.82, 2.24) is 0 Å². The van der Waals surface area contributed by atoms with Gasteiger partial charge < -0.3 is 9.64 Å². The fourth-order valence-corrected chi connectivity index (χ4v) is 2.56. The third-order valence-corrected chi connectivity index (χ3v) is 3.53. The molecule has 1 N–H and O–H groups in total. The number of carbonyl (C=O) groups is 1. The van der Waals surface area contributed by atoms with Gasteiger partial charge in [0.05, 0.1) is 19.2 Å². The van der Waals surface area contributed by atoms with E-state index in [4.69, 9.17) is 4.74 Å². The predicted octanol–water partition coefficient (Wildman–Crippen LogP) is 1.28. The molecule has 0 amide bonds. The van der Waals surface area contributed by atoms with Crippen LogP contribution in [0.2, 0.25) is 0 Å². The first kappa shape index (κ1) is 12.6. The molecule has 0 spiro atoms. The first-order chi connectivity index (χ1) is 8.15. The summed E-state index contributed by atoms with van der Waals surface area (Å²) in [5.41, 5.74) is 0.614. The molecule has 0 saturated carbocycles. The average molecular weight is 299 g/mol. The van der Waals surface area contributed by atoms with E-state index in [1.165, 1.54) is 11.4 Å². The van der Waals surface area contributed by atoms with Gasteiger partial charge in [-0.05, 0) is 24.6 Å². The van der Waals surface area contributed by atoms with Crippen LogP contribution >= 0.6 is 15.9 Å². The van der Waals surface area contributed by atoms with Crippen LogP contribution in [0.5, 0.6) is 0 Å². The van der Waals surface area contributed by atoms with Gasteiger partial charge in [-0.3, -0.25) is 0 Å². The second-order valence-corrected chi connectivity index (χ2v) is 5.51. The minimum absolute atomic E-state index is 0.0650. The van der Waals surface area contributed by atoms with Gasteiger partial charge in [0.1, 0.15) is 6.54 Å². The molecule has 1 heterocycles. The van der Waals surface area contributed by atoms with E-state index < -0.39 is 0 Å². The van der Waals surface area contributed by atoms with Crippen molar-refractivity contribution in [2.45, 2.75) is 18.9 Å². The number of likely N-dealkylation sites (tertiary alicyclic amines) is 1. The molecule has 2 atom stereocenters. The highest BCUT2D eigenvalue weighted by atomic mass is 79.9.